The average molecular weight is 649 g/mol. The Hall–Kier alpha value is -6.96. The standard InChI is InChI=1S/C47H28N4/c48-29-30-22-24-38-39-25-23-34(28-43(39)47(42(38)26-30)40-20-9-7-18-36(40)37-19-8-10-21-41(37)47)33-16-11-17-35(27-33)46-50-44(31-12-3-1-4-13-31)49-45(51-46)32-14-5-2-6-15-32/h1-28H. The number of hydrogen-bond acceptors (Lipinski definition) is 4. The third-order valence-electron chi connectivity index (χ3n) is 10.4. The van der Waals surface area contributed by atoms with Crippen molar-refractivity contribution >= 4 is 0 Å². The molecule has 0 aliphatic heterocycles. The number of rotatable bonds is 4. The van der Waals surface area contributed by atoms with E-state index in [1.807, 2.05) is 66.7 Å². The van der Waals surface area contributed by atoms with Crippen molar-refractivity contribution in [3.8, 4) is 73.6 Å². The van der Waals surface area contributed by atoms with Crippen LogP contribution in [0.15, 0.2) is 170 Å². The lowest BCUT2D eigenvalue weighted by Crippen LogP contribution is -2.26. The molecule has 0 radical (unpaired) electrons. The van der Waals surface area contributed by atoms with Crippen molar-refractivity contribution < 1.29 is 0 Å². The minimum absolute atomic E-state index is 0.540. The van der Waals surface area contributed by atoms with Crippen LogP contribution in [0.4, 0.5) is 0 Å². The van der Waals surface area contributed by atoms with Gasteiger partial charge in [-0.25, -0.2) is 15.0 Å². The molecule has 1 heterocycles. The van der Waals surface area contributed by atoms with Gasteiger partial charge in [0, 0.05) is 16.7 Å². The molecule has 7 aromatic carbocycles. The van der Waals surface area contributed by atoms with Gasteiger partial charge in [-0.1, -0.05) is 146 Å². The van der Waals surface area contributed by atoms with Crippen LogP contribution in [0.25, 0.3) is 67.5 Å². The number of hydrogen-bond donors (Lipinski definition) is 0. The van der Waals surface area contributed by atoms with Crippen LogP contribution in [0, 0.1) is 11.3 Å². The first-order valence-electron chi connectivity index (χ1n) is 17.1. The Morgan fingerprint density at radius 3 is 1.41 bits per heavy atom. The Morgan fingerprint density at radius 2 is 0.804 bits per heavy atom. The monoisotopic (exact) mass is 648 g/mol. The number of benzene rings is 7. The first-order chi connectivity index (χ1) is 25.2. The molecule has 0 fully saturated rings. The van der Waals surface area contributed by atoms with Gasteiger partial charge in [0.2, 0.25) is 0 Å². The van der Waals surface area contributed by atoms with E-state index < -0.39 is 5.41 Å². The predicted octanol–water partition coefficient (Wildman–Crippen LogP) is 10.8. The predicted molar refractivity (Wildman–Crippen MR) is 203 cm³/mol. The minimum Gasteiger partial charge on any atom is -0.208 e. The Balaban J connectivity index is 1.16. The van der Waals surface area contributed by atoms with E-state index in [4.69, 9.17) is 15.0 Å². The van der Waals surface area contributed by atoms with Gasteiger partial charge in [-0.2, -0.15) is 5.26 Å². The Kier molecular flexibility index (Phi) is 6.43. The first kappa shape index (κ1) is 29.0. The number of fused-ring (bicyclic) bond motifs is 10. The number of nitriles is 1. The van der Waals surface area contributed by atoms with Gasteiger partial charge in [0.25, 0.3) is 0 Å². The summed E-state index contributed by atoms with van der Waals surface area (Å²) in [6.45, 7) is 0. The highest BCUT2D eigenvalue weighted by Gasteiger charge is 2.51. The average Bonchev–Trinajstić information content (AvgIpc) is 3.68. The molecule has 1 aromatic heterocycles. The van der Waals surface area contributed by atoms with Crippen LogP contribution in [0.2, 0.25) is 0 Å². The van der Waals surface area contributed by atoms with Crippen molar-refractivity contribution in [2.24, 2.45) is 0 Å². The maximum atomic E-state index is 10.0. The molecule has 0 atom stereocenters. The SMILES string of the molecule is N#Cc1ccc2c(c1)C1(c3ccccc3-c3ccccc31)c1cc(-c3cccc(-c4nc(-c5ccccc5)nc(-c5ccccc5)n4)c3)ccc1-2. The fraction of sp³-hybridized carbons (Fsp3) is 0.0213. The van der Waals surface area contributed by atoms with Crippen LogP contribution in [0.3, 0.4) is 0 Å². The number of nitrogens with zero attached hydrogens (tertiary/aromatic N) is 4. The molecule has 51 heavy (non-hydrogen) atoms. The molecule has 0 unspecified atom stereocenters. The summed E-state index contributed by atoms with van der Waals surface area (Å²) in [4.78, 5) is 14.9. The molecule has 4 heteroatoms. The van der Waals surface area contributed by atoms with E-state index >= 15 is 0 Å². The highest BCUT2D eigenvalue weighted by molar-refractivity contribution is 5.96. The van der Waals surface area contributed by atoms with Gasteiger partial charge in [0.05, 0.1) is 17.0 Å². The summed E-state index contributed by atoms with van der Waals surface area (Å²) in [6.07, 6.45) is 0. The van der Waals surface area contributed by atoms with Crippen molar-refractivity contribution in [2.75, 3.05) is 0 Å². The van der Waals surface area contributed by atoms with E-state index in [1.54, 1.807) is 0 Å². The maximum absolute atomic E-state index is 10.0. The molecule has 0 amide bonds. The molecule has 0 saturated carbocycles. The summed E-state index contributed by atoms with van der Waals surface area (Å²) >= 11 is 0. The fourth-order valence-electron chi connectivity index (χ4n) is 8.16. The molecular formula is C47H28N4. The molecule has 236 valence electrons. The van der Waals surface area contributed by atoms with Crippen LogP contribution >= 0.6 is 0 Å². The Labute approximate surface area is 296 Å². The second kappa shape index (κ2) is 11.3. The fourth-order valence-corrected chi connectivity index (χ4v) is 8.16. The van der Waals surface area contributed by atoms with Gasteiger partial charge in [-0.15, -0.1) is 0 Å². The molecule has 0 saturated heterocycles. The second-order valence-electron chi connectivity index (χ2n) is 13.1. The maximum Gasteiger partial charge on any atom is 0.164 e. The van der Waals surface area contributed by atoms with Crippen molar-refractivity contribution in [1.82, 2.24) is 15.0 Å². The minimum atomic E-state index is -0.540. The van der Waals surface area contributed by atoms with Crippen molar-refractivity contribution in [2.45, 2.75) is 5.41 Å². The largest absolute Gasteiger partial charge is 0.208 e. The van der Waals surface area contributed by atoms with E-state index in [0.29, 0.717) is 23.0 Å². The summed E-state index contributed by atoms with van der Waals surface area (Å²) in [5.74, 6) is 1.90. The van der Waals surface area contributed by atoms with Crippen molar-refractivity contribution in [3.05, 3.63) is 198 Å². The van der Waals surface area contributed by atoms with E-state index in [1.165, 1.54) is 38.9 Å². The normalized spacial score (nSPS) is 12.8. The summed E-state index contributed by atoms with van der Waals surface area (Å²) in [6, 6.07) is 61.5. The summed E-state index contributed by atoms with van der Waals surface area (Å²) in [7, 11) is 0. The lowest BCUT2D eigenvalue weighted by Gasteiger charge is -2.30. The Bertz CT molecular complexity index is 2600. The quantitative estimate of drug-likeness (QED) is 0.191. The molecule has 10 rings (SSSR count). The second-order valence-corrected chi connectivity index (χ2v) is 13.1. The zero-order valence-corrected chi connectivity index (χ0v) is 27.5. The summed E-state index contributed by atoms with van der Waals surface area (Å²) in [5.41, 5.74) is 14.8. The van der Waals surface area contributed by atoms with Gasteiger partial charge in [0.15, 0.2) is 17.5 Å². The highest BCUT2D eigenvalue weighted by Crippen LogP contribution is 2.63. The summed E-state index contributed by atoms with van der Waals surface area (Å²) in [5, 5.41) is 10.0. The van der Waals surface area contributed by atoms with E-state index in [2.05, 4.69) is 109 Å². The van der Waals surface area contributed by atoms with Crippen LogP contribution in [0.5, 0.6) is 0 Å². The van der Waals surface area contributed by atoms with E-state index in [0.717, 1.165) is 33.4 Å². The van der Waals surface area contributed by atoms with Crippen molar-refractivity contribution in [1.29, 1.82) is 5.26 Å². The third-order valence-corrected chi connectivity index (χ3v) is 10.4. The molecule has 0 bridgehead atoms. The molecule has 8 aromatic rings. The molecule has 4 nitrogen and oxygen atoms in total. The molecular weight excluding hydrogens is 621 g/mol. The third kappa shape index (κ3) is 4.35. The van der Waals surface area contributed by atoms with Gasteiger partial charge in [-0.05, 0) is 79.9 Å². The van der Waals surface area contributed by atoms with Crippen LogP contribution < -0.4 is 0 Å². The van der Waals surface area contributed by atoms with E-state index in [9.17, 15) is 5.26 Å². The number of aromatic nitrogens is 3. The summed E-state index contributed by atoms with van der Waals surface area (Å²) < 4.78 is 0. The topological polar surface area (TPSA) is 62.5 Å². The Morgan fingerprint density at radius 1 is 0.353 bits per heavy atom. The zero-order chi connectivity index (χ0) is 33.9. The van der Waals surface area contributed by atoms with Crippen LogP contribution in [0.1, 0.15) is 27.8 Å². The van der Waals surface area contributed by atoms with Gasteiger partial charge in [0.1, 0.15) is 0 Å². The van der Waals surface area contributed by atoms with Gasteiger partial charge in [-0.3, -0.25) is 0 Å². The molecule has 0 N–H and O–H groups in total. The lowest BCUT2D eigenvalue weighted by molar-refractivity contribution is 0.793. The van der Waals surface area contributed by atoms with Crippen molar-refractivity contribution in [3.63, 3.8) is 0 Å². The van der Waals surface area contributed by atoms with Crippen LogP contribution in [-0.4, -0.2) is 15.0 Å². The first-order valence-corrected chi connectivity index (χ1v) is 17.1. The molecule has 2 aliphatic rings. The smallest absolute Gasteiger partial charge is 0.164 e. The van der Waals surface area contributed by atoms with Gasteiger partial charge < -0.3 is 0 Å². The highest BCUT2D eigenvalue weighted by atomic mass is 15.0. The molecule has 2 aliphatic carbocycles. The van der Waals surface area contributed by atoms with Crippen LogP contribution in [-0.2, 0) is 5.41 Å². The molecule has 1 spiro atoms. The zero-order valence-electron chi connectivity index (χ0n) is 27.5. The van der Waals surface area contributed by atoms with E-state index in [-0.39, 0.29) is 0 Å². The van der Waals surface area contributed by atoms with Gasteiger partial charge >= 0.3 is 0 Å². The lowest BCUT2D eigenvalue weighted by atomic mass is 9.70.